The summed E-state index contributed by atoms with van der Waals surface area (Å²) >= 11 is 5.52. The van der Waals surface area contributed by atoms with Crippen LogP contribution >= 0.6 is 11.6 Å². The van der Waals surface area contributed by atoms with Crippen LogP contribution in [0.25, 0.3) is 11.5 Å². The topological polar surface area (TPSA) is 62.5 Å². The SMILES string of the molecule is N#Cc1ccc(-c2ncc(F)c(Cl)n2)nc1. The van der Waals surface area contributed by atoms with Crippen molar-refractivity contribution in [2.75, 3.05) is 0 Å². The van der Waals surface area contributed by atoms with Gasteiger partial charge >= 0.3 is 0 Å². The number of hydrogen-bond donors (Lipinski definition) is 0. The Labute approximate surface area is 95.4 Å². The van der Waals surface area contributed by atoms with Gasteiger partial charge in [-0.25, -0.2) is 14.4 Å². The molecule has 0 radical (unpaired) electrons. The number of halogens is 2. The number of nitrogens with zero attached hydrogens (tertiary/aromatic N) is 4. The molecule has 0 saturated carbocycles. The first kappa shape index (κ1) is 10.5. The van der Waals surface area contributed by atoms with Crippen LogP contribution in [0.4, 0.5) is 4.39 Å². The average Bonchev–Trinajstić information content (AvgIpc) is 2.33. The number of hydrogen-bond acceptors (Lipinski definition) is 4. The van der Waals surface area contributed by atoms with Gasteiger partial charge in [0.05, 0.1) is 11.8 Å². The summed E-state index contributed by atoms with van der Waals surface area (Å²) in [6.45, 7) is 0. The van der Waals surface area contributed by atoms with E-state index in [0.717, 1.165) is 6.20 Å². The normalized spacial score (nSPS) is 9.81. The zero-order valence-corrected chi connectivity index (χ0v) is 8.61. The molecular formula is C10H4ClFN4. The lowest BCUT2D eigenvalue weighted by Crippen LogP contribution is -1.94. The number of nitriles is 1. The Morgan fingerprint density at radius 1 is 1.25 bits per heavy atom. The van der Waals surface area contributed by atoms with Crippen LogP contribution < -0.4 is 0 Å². The maximum Gasteiger partial charge on any atom is 0.179 e. The van der Waals surface area contributed by atoms with Crippen molar-refractivity contribution in [2.24, 2.45) is 0 Å². The summed E-state index contributed by atoms with van der Waals surface area (Å²) in [6, 6.07) is 5.08. The highest BCUT2D eigenvalue weighted by Gasteiger charge is 2.07. The van der Waals surface area contributed by atoms with Gasteiger partial charge in [0.25, 0.3) is 0 Å². The van der Waals surface area contributed by atoms with Crippen molar-refractivity contribution >= 4 is 11.6 Å². The fraction of sp³-hybridized carbons (Fsp3) is 0. The Morgan fingerprint density at radius 2 is 2.06 bits per heavy atom. The molecular weight excluding hydrogens is 231 g/mol. The van der Waals surface area contributed by atoms with E-state index in [1.165, 1.54) is 6.20 Å². The molecule has 2 aromatic rings. The Morgan fingerprint density at radius 3 is 2.62 bits per heavy atom. The van der Waals surface area contributed by atoms with Crippen molar-refractivity contribution in [3.8, 4) is 17.6 Å². The maximum absolute atomic E-state index is 12.8. The fourth-order valence-corrected chi connectivity index (χ4v) is 1.19. The summed E-state index contributed by atoms with van der Waals surface area (Å²) in [5, 5.41) is 8.33. The van der Waals surface area contributed by atoms with E-state index in [2.05, 4.69) is 15.0 Å². The molecule has 0 atom stereocenters. The molecule has 0 fully saturated rings. The second-order valence-corrected chi connectivity index (χ2v) is 3.23. The van der Waals surface area contributed by atoms with E-state index in [9.17, 15) is 4.39 Å². The van der Waals surface area contributed by atoms with E-state index in [1.807, 2.05) is 6.07 Å². The Bertz CT molecular complexity index is 562. The van der Waals surface area contributed by atoms with E-state index in [4.69, 9.17) is 16.9 Å². The summed E-state index contributed by atoms with van der Waals surface area (Å²) in [4.78, 5) is 11.4. The van der Waals surface area contributed by atoms with Crippen molar-refractivity contribution in [1.29, 1.82) is 5.26 Å². The molecule has 6 heteroatoms. The van der Waals surface area contributed by atoms with Gasteiger partial charge in [-0.15, -0.1) is 0 Å². The van der Waals surface area contributed by atoms with Crippen LogP contribution in [0.1, 0.15) is 5.56 Å². The van der Waals surface area contributed by atoms with Crippen LogP contribution in [0.3, 0.4) is 0 Å². The van der Waals surface area contributed by atoms with Gasteiger partial charge in [-0.2, -0.15) is 5.26 Å². The molecule has 0 unspecified atom stereocenters. The standard InChI is InChI=1S/C10H4ClFN4/c11-9-7(12)5-15-10(16-9)8-2-1-6(3-13)4-14-8/h1-2,4-5H. The first-order chi connectivity index (χ1) is 7.70. The molecule has 2 aromatic heterocycles. The molecule has 0 aliphatic rings. The lowest BCUT2D eigenvalue weighted by molar-refractivity contribution is 0.614. The molecule has 0 spiro atoms. The summed E-state index contributed by atoms with van der Waals surface area (Å²) in [7, 11) is 0. The van der Waals surface area contributed by atoms with Gasteiger partial charge in [-0.05, 0) is 12.1 Å². The van der Waals surface area contributed by atoms with E-state index < -0.39 is 5.82 Å². The largest absolute Gasteiger partial charge is 0.252 e. The first-order valence-electron chi connectivity index (χ1n) is 4.25. The highest BCUT2D eigenvalue weighted by molar-refractivity contribution is 6.29. The molecule has 0 saturated heterocycles. The smallest absolute Gasteiger partial charge is 0.179 e. The summed E-state index contributed by atoms with van der Waals surface area (Å²) < 4.78 is 12.8. The van der Waals surface area contributed by atoms with Gasteiger partial charge in [0.2, 0.25) is 0 Å². The minimum Gasteiger partial charge on any atom is -0.252 e. The molecule has 0 bridgehead atoms. The van der Waals surface area contributed by atoms with Gasteiger partial charge in [0.1, 0.15) is 11.8 Å². The molecule has 0 N–H and O–H groups in total. The summed E-state index contributed by atoms with van der Waals surface area (Å²) in [5.74, 6) is -0.463. The maximum atomic E-state index is 12.8. The van der Waals surface area contributed by atoms with Crippen molar-refractivity contribution in [3.05, 3.63) is 41.1 Å². The Hall–Kier alpha value is -2.06. The number of rotatable bonds is 1. The Balaban J connectivity index is 2.43. The van der Waals surface area contributed by atoms with Crippen LogP contribution in [-0.4, -0.2) is 15.0 Å². The van der Waals surface area contributed by atoms with Crippen LogP contribution in [0, 0.1) is 17.1 Å². The van der Waals surface area contributed by atoms with Crippen molar-refractivity contribution in [3.63, 3.8) is 0 Å². The predicted molar refractivity (Wildman–Crippen MR) is 54.9 cm³/mol. The van der Waals surface area contributed by atoms with Crippen LogP contribution in [0.15, 0.2) is 24.5 Å². The molecule has 2 heterocycles. The lowest BCUT2D eigenvalue weighted by Gasteiger charge is -1.99. The second kappa shape index (κ2) is 4.21. The molecule has 16 heavy (non-hydrogen) atoms. The number of pyridine rings is 1. The number of aromatic nitrogens is 3. The van der Waals surface area contributed by atoms with E-state index >= 15 is 0 Å². The first-order valence-corrected chi connectivity index (χ1v) is 4.63. The molecule has 0 aliphatic heterocycles. The van der Waals surface area contributed by atoms with Gasteiger partial charge in [0, 0.05) is 6.20 Å². The van der Waals surface area contributed by atoms with Crippen LogP contribution in [0.2, 0.25) is 5.15 Å². The molecule has 0 aromatic carbocycles. The third-order valence-electron chi connectivity index (χ3n) is 1.82. The minimum atomic E-state index is -0.681. The quantitative estimate of drug-likeness (QED) is 0.710. The third kappa shape index (κ3) is 1.97. The average molecular weight is 235 g/mol. The zero-order chi connectivity index (χ0) is 11.5. The van der Waals surface area contributed by atoms with Gasteiger partial charge in [-0.1, -0.05) is 11.6 Å². The molecule has 2 rings (SSSR count). The predicted octanol–water partition coefficient (Wildman–Crippen LogP) is 2.20. The van der Waals surface area contributed by atoms with Crippen molar-refractivity contribution < 1.29 is 4.39 Å². The highest BCUT2D eigenvalue weighted by atomic mass is 35.5. The van der Waals surface area contributed by atoms with E-state index in [-0.39, 0.29) is 11.0 Å². The molecule has 78 valence electrons. The van der Waals surface area contributed by atoms with Gasteiger partial charge < -0.3 is 0 Å². The Kier molecular flexibility index (Phi) is 2.75. The van der Waals surface area contributed by atoms with Gasteiger partial charge in [-0.3, -0.25) is 4.98 Å². The second-order valence-electron chi connectivity index (χ2n) is 2.88. The summed E-state index contributed by atoms with van der Waals surface area (Å²) in [6.07, 6.45) is 2.36. The lowest BCUT2D eigenvalue weighted by atomic mass is 10.2. The van der Waals surface area contributed by atoms with Crippen LogP contribution in [0.5, 0.6) is 0 Å². The monoisotopic (exact) mass is 234 g/mol. The van der Waals surface area contributed by atoms with E-state index in [0.29, 0.717) is 11.3 Å². The summed E-state index contributed by atoms with van der Waals surface area (Å²) in [5.41, 5.74) is 0.859. The minimum absolute atomic E-state index is 0.218. The van der Waals surface area contributed by atoms with E-state index in [1.54, 1.807) is 12.1 Å². The molecule has 4 nitrogen and oxygen atoms in total. The van der Waals surface area contributed by atoms with Crippen LogP contribution in [-0.2, 0) is 0 Å². The van der Waals surface area contributed by atoms with Crippen molar-refractivity contribution in [2.45, 2.75) is 0 Å². The third-order valence-corrected chi connectivity index (χ3v) is 2.09. The zero-order valence-electron chi connectivity index (χ0n) is 7.85. The van der Waals surface area contributed by atoms with Crippen molar-refractivity contribution in [1.82, 2.24) is 15.0 Å². The molecule has 0 amide bonds. The van der Waals surface area contributed by atoms with Gasteiger partial charge in [0.15, 0.2) is 16.8 Å². The molecule has 0 aliphatic carbocycles. The fourth-order valence-electron chi connectivity index (χ4n) is 1.06. The highest BCUT2D eigenvalue weighted by Crippen LogP contribution is 2.16.